The van der Waals surface area contributed by atoms with Crippen LogP contribution in [0, 0.1) is 0 Å². The van der Waals surface area contributed by atoms with Crippen LogP contribution in [0.1, 0.15) is 19.2 Å². The summed E-state index contributed by atoms with van der Waals surface area (Å²) in [4.78, 5) is 6.00. The molecule has 0 bridgehead atoms. The van der Waals surface area contributed by atoms with Crippen LogP contribution in [0.4, 0.5) is 0 Å². The first kappa shape index (κ1) is 14.5. The minimum Gasteiger partial charge on any atom is -0.327 e. The smallest absolute Gasteiger partial charge is 0.120 e. The van der Waals surface area contributed by atoms with Crippen LogP contribution in [0.15, 0.2) is 53.4 Å². The first-order chi connectivity index (χ1) is 10.3. The monoisotopic (exact) mass is 316 g/mol. The standard InChI is InChI=1S/C17H17ClN2S/c1-2-11-20-16-6-4-3-5-15(16)19-17(20)12-21-14-9-7-13(18)8-10-14/h3-10H,2,11-12H2,1H3. The Kier molecular flexibility index (Phi) is 4.51. The molecule has 0 fully saturated rings. The summed E-state index contributed by atoms with van der Waals surface area (Å²) >= 11 is 7.72. The number of rotatable bonds is 5. The van der Waals surface area contributed by atoms with Gasteiger partial charge in [-0.1, -0.05) is 30.7 Å². The van der Waals surface area contributed by atoms with Crippen molar-refractivity contribution in [3.05, 3.63) is 59.4 Å². The fourth-order valence-electron chi connectivity index (χ4n) is 2.39. The number of hydrogen-bond acceptors (Lipinski definition) is 2. The van der Waals surface area contributed by atoms with Gasteiger partial charge >= 0.3 is 0 Å². The molecule has 108 valence electrons. The van der Waals surface area contributed by atoms with Crippen LogP contribution in [0.3, 0.4) is 0 Å². The third kappa shape index (κ3) is 3.25. The highest BCUT2D eigenvalue weighted by Crippen LogP contribution is 2.26. The lowest BCUT2D eigenvalue weighted by molar-refractivity contribution is 0.673. The second kappa shape index (κ2) is 6.54. The third-order valence-corrected chi connectivity index (χ3v) is 4.62. The van der Waals surface area contributed by atoms with Gasteiger partial charge in [0.05, 0.1) is 16.8 Å². The predicted octanol–water partition coefficient (Wildman–Crippen LogP) is 5.39. The van der Waals surface area contributed by atoms with Crippen molar-refractivity contribution in [2.24, 2.45) is 0 Å². The van der Waals surface area contributed by atoms with Crippen molar-refractivity contribution >= 4 is 34.4 Å². The Balaban J connectivity index is 1.85. The van der Waals surface area contributed by atoms with Crippen LogP contribution in [0.2, 0.25) is 5.02 Å². The minimum atomic E-state index is 0.776. The van der Waals surface area contributed by atoms with Crippen LogP contribution in [0.5, 0.6) is 0 Å². The van der Waals surface area contributed by atoms with Gasteiger partial charge in [0.1, 0.15) is 5.82 Å². The molecule has 21 heavy (non-hydrogen) atoms. The van der Waals surface area contributed by atoms with Gasteiger partial charge in [0.15, 0.2) is 0 Å². The summed E-state index contributed by atoms with van der Waals surface area (Å²) in [6.07, 6.45) is 1.11. The molecule has 1 heterocycles. The zero-order valence-electron chi connectivity index (χ0n) is 11.9. The van der Waals surface area contributed by atoms with Crippen LogP contribution < -0.4 is 0 Å². The lowest BCUT2D eigenvalue weighted by Crippen LogP contribution is -2.02. The largest absolute Gasteiger partial charge is 0.327 e. The lowest BCUT2D eigenvalue weighted by atomic mass is 10.3. The van der Waals surface area contributed by atoms with Gasteiger partial charge in [-0.2, -0.15) is 0 Å². The number of halogens is 1. The van der Waals surface area contributed by atoms with E-state index in [0.29, 0.717) is 0 Å². The first-order valence-corrected chi connectivity index (χ1v) is 8.47. The number of hydrogen-bond donors (Lipinski definition) is 0. The van der Waals surface area contributed by atoms with E-state index in [1.165, 1.54) is 10.4 Å². The van der Waals surface area contributed by atoms with Gasteiger partial charge in [-0.15, -0.1) is 11.8 Å². The van der Waals surface area contributed by atoms with E-state index in [9.17, 15) is 0 Å². The van der Waals surface area contributed by atoms with Gasteiger partial charge < -0.3 is 4.57 Å². The molecule has 2 aromatic carbocycles. The number of benzene rings is 2. The highest BCUT2D eigenvalue weighted by Gasteiger charge is 2.09. The van der Waals surface area contributed by atoms with E-state index in [1.54, 1.807) is 11.8 Å². The molecule has 4 heteroatoms. The molecule has 0 N–H and O–H groups in total. The Morgan fingerprint density at radius 1 is 1.10 bits per heavy atom. The van der Waals surface area contributed by atoms with Crippen molar-refractivity contribution in [1.29, 1.82) is 0 Å². The van der Waals surface area contributed by atoms with Crippen LogP contribution >= 0.6 is 23.4 Å². The molecule has 0 saturated carbocycles. The molecule has 1 aromatic heterocycles. The van der Waals surface area contributed by atoms with Gasteiger partial charge in [0.2, 0.25) is 0 Å². The molecule has 0 unspecified atom stereocenters. The fourth-order valence-corrected chi connectivity index (χ4v) is 3.36. The predicted molar refractivity (Wildman–Crippen MR) is 91.0 cm³/mol. The molecule has 0 saturated heterocycles. The van der Waals surface area contributed by atoms with Gasteiger partial charge in [-0.3, -0.25) is 0 Å². The van der Waals surface area contributed by atoms with E-state index in [0.717, 1.165) is 35.1 Å². The van der Waals surface area contributed by atoms with E-state index >= 15 is 0 Å². The van der Waals surface area contributed by atoms with Crippen molar-refractivity contribution in [1.82, 2.24) is 9.55 Å². The molecule has 0 atom stereocenters. The Hall–Kier alpha value is -1.45. The van der Waals surface area contributed by atoms with E-state index < -0.39 is 0 Å². The van der Waals surface area contributed by atoms with Crippen molar-refractivity contribution in [2.75, 3.05) is 0 Å². The number of para-hydroxylation sites is 2. The topological polar surface area (TPSA) is 17.8 Å². The summed E-state index contributed by atoms with van der Waals surface area (Å²) in [5.41, 5.74) is 2.31. The second-order valence-corrected chi connectivity index (χ2v) is 6.40. The maximum atomic E-state index is 5.92. The molecule has 2 nitrogen and oxygen atoms in total. The quantitative estimate of drug-likeness (QED) is 0.587. The average Bonchev–Trinajstić information content (AvgIpc) is 2.85. The van der Waals surface area contributed by atoms with Crippen molar-refractivity contribution in [2.45, 2.75) is 30.5 Å². The number of aromatic nitrogens is 2. The van der Waals surface area contributed by atoms with E-state index in [2.05, 4.69) is 41.8 Å². The number of thioether (sulfide) groups is 1. The normalized spacial score (nSPS) is 11.1. The van der Waals surface area contributed by atoms with Crippen LogP contribution in [-0.4, -0.2) is 9.55 Å². The molecular formula is C17H17ClN2S. The molecule has 3 aromatic rings. The first-order valence-electron chi connectivity index (χ1n) is 7.10. The van der Waals surface area contributed by atoms with E-state index in [1.807, 2.05) is 18.2 Å². The minimum absolute atomic E-state index is 0.776. The van der Waals surface area contributed by atoms with Gasteiger partial charge in [-0.25, -0.2) is 4.98 Å². The number of imidazole rings is 1. The average molecular weight is 317 g/mol. The zero-order chi connectivity index (χ0) is 14.7. The molecule has 0 spiro atoms. The maximum Gasteiger partial charge on any atom is 0.120 e. The highest BCUT2D eigenvalue weighted by atomic mass is 35.5. The molecular weight excluding hydrogens is 300 g/mol. The van der Waals surface area contributed by atoms with Crippen molar-refractivity contribution < 1.29 is 0 Å². The lowest BCUT2D eigenvalue weighted by Gasteiger charge is -2.07. The molecule has 0 amide bonds. The summed E-state index contributed by atoms with van der Waals surface area (Å²) in [5, 5.41) is 0.776. The Labute approximate surface area is 134 Å². The van der Waals surface area contributed by atoms with Gasteiger partial charge in [0, 0.05) is 16.5 Å². The van der Waals surface area contributed by atoms with Crippen LogP contribution in [-0.2, 0) is 12.3 Å². The Morgan fingerprint density at radius 3 is 2.62 bits per heavy atom. The number of nitrogens with zero attached hydrogens (tertiary/aromatic N) is 2. The second-order valence-electron chi connectivity index (χ2n) is 4.91. The molecule has 3 rings (SSSR count). The summed E-state index contributed by atoms with van der Waals surface area (Å²) in [7, 11) is 0. The van der Waals surface area contributed by atoms with E-state index in [-0.39, 0.29) is 0 Å². The maximum absolute atomic E-state index is 5.92. The Bertz CT molecular complexity index is 734. The van der Waals surface area contributed by atoms with Gasteiger partial charge in [0.25, 0.3) is 0 Å². The molecule has 0 radical (unpaired) electrons. The van der Waals surface area contributed by atoms with Crippen molar-refractivity contribution in [3.63, 3.8) is 0 Å². The fraction of sp³-hybridized carbons (Fsp3) is 0.235. The van der Waals surface area contributed by atoms with Crippen LogP contribution in [0.25, 0.3) is 11.0 Å². The molecule has 0 aliphatic carbocycles. The number of fused-ring (bicyclic) bond motifs is 1. The van der Waals surface area contributed by atoms with Gasteiger partial charge in [-0.05, 0) is 42.8 Å². The summed E-state index contributed by atoms with van der Waals surface area (Å²) < 4.78 is 2.33. The summed E-state index contributed by atoms with van der Waals surface area (Å²) in [5.74, 6) is 2.01. The summed E-state index contributed by atoms with van der Waals surface area (Å²) in [6.45, 7) is 3.21. The molecule has 0 aliphatic heterocycles. The summed E-state index contributed by atoms with van der Waals surface area (Å²) in [6, 6.07) is 16.3. The third-order valence-electron chi connectivity index (χ3n) is 3.36. The number of aryl methyl sites for hydroxylation is 1. The van der Waals surface area contributed by atoms with Crippen molar-refractivity contribution in [3.8, 4) is 0 Å². The zero-order valence-corrected chi connectivity index (χ0v) is 13.5. The highest BCUT2D eigenvalue weighted by molar-refractivity contribution is 7.98. The Morgan fingerprint density at radius 2 is 1.86 bits per heavy atom. The SMILES string of the molecule is CCCn1c(CSc2ccc(Cl)cc2)nc2ccccc21. The van der Waals surface area contributed by atoms with E-state index in [4.69, 9.17) is 16.6 Å². The molecule has 0 aliphatic rings.